The van der Waals surface area contributed by atoms with Crippen LogP contribution in [-0.4, -0.2) is 12.8 Å². The van der Waals surface area contributed by atoms with Crippen molar-refractivity contribution in [3.05, 3.63) is 24.5 Å². The van der Waals surface area contributed by atoms with E-state index < -0.39 is 24.3 Å². The van der Waals surface area contributed by atoms with Gasteiger partial charge in [0.05, 0.1) is 12.9 Å². The van der Waals surface area contributed by atoms with Crippen LogP contribution in [0, 0.1) is 0 Å². The first kappa shape index (κ1) is 11.9. The monoisotopic (exact) mass is 202 g/mol. The van der Waals surface area contributed by atoms with Gasteiger partial charge in [0.15, 0.2) is 0 Å². The maximum atomic E-state index is 12.3. The number of hydrogen-bond acceptors (Lipinski definition) is 1. The molecule has 6 heteroatoms. The summed E-state index contributed by atoms with van der Waals surface area (Å²) in [5.74, 6) is -4.57. The molecule has 0 aromatic heterocycles. The third kappa shape index (κ3) is 4.49. The Hall–Kier alpha value is -1.07. The molecule has 0 atom stereocenters. The summed E-state index contributed by atoms with van der Waals surface area (Å²) in [5.41, 5.74) is 0. The summed E-state index contributed by atoms with van der Waals surface area (Å²) in [5, 5.41) is 0. The number of alkyl halides is 3. The Labute approximate surface area is 71.5 Å². The van der Waals surface area contributed by atoms with Gasteiger partial charge in [0.2, 0.25) is 5.83 Å². The highest BCUT2D eigenvalue weighted by atomic mass is 19.4. The third-order valence-corrected chi connectivity index (χ3v) is 1.04. The SMILES string of the molecule is C=COCCC(F)=C(F)C(F)(F)F. The molecule has 0 bridgehead atoms. The van der Waals surface area contributed by atoms with Crippen molar-refractivity contribution in [2.75, 3.05) is 6.61 Å². The molecule has 0 aliphatic carbocycles. The summed E-state index contributed by atoms with van der Waals surface area (Å²) in [4.78, 5) is 0. The fourth-order valence-electron chi connectivity index (χ4n) is 0.495. The Morgan fingerprint density at radius 1 is 1.31 bits per heavy atom. The highest BCUT2D eigenvalue weighted by Crippen LogP contribution is 2.30. The first-order valence-corrected chi connectivity index (χ1v) is 3.23. The van der Waals surface area contributed by atoms with Crippen LogP contribution in [0.15, 0.2) is 24.5 Å². The van der Waals surface area contributed by atoms with Crippen molar-refractivity contribution in [1.82, 2.24) is 0 Å². The van der Waals surface area contributed by atoms with E-state index in [1.807, 2.05) is 0 Å². The van der Waals surface area contributed by atoms with Crippen LogP contribution in [0.3, 0.4) is 0 Å². The Bertz CT molecular complexity index is 205. The van der Waals surface area contributed by atoms with Crippen LogP contribution in [-0.2, 0) is 4.74 Å². The van der Waals surface area contributed by atoms with Crippen LogP contribution < -0.4 is 0 Å². The zero-order chi connectivity index (χ0) is 10.5. The molecule has 0 N–H and O–H groups in total. The van der Waals surface area contributed by atoms with Crippen LogP contribution >= 0.6 is 0 Å². The van der Waals surface area contributed by atoms with Crippen molar-refractivity contribution in [3.63, 3.8) is 0 Å². The minimum atomic E-state index is -5.27. The van der Waals surface area contributed by atoms with Crippen LogP contribution in [0.25, 0.3) is 0 Å². The average Bonchev–Trinajstić information content (AvgIpc) is 2.01. The average molecular weight is 202 g/mol. The van der Waals surface area contributed by atoms with E-state index >= 15 is 0 Å². The molecule has 0 saturated carbocycles. The number of ether oxygens (including phenoxy) is 1. The van der Waals surface area contributed by atoms with Gasteiger partial charge in [-0.15, -0.1) is 0 Å². The molecule has 0 radical (unpaired) electrons. The Morgan fingerprint density at radius 2 is 1.85 bits per heavy atom. The summed E-state index contributed by atoms with van der Waals surface area (Å²) in [6, 6.07) is 0. The van der Waals surface area contributed by atoms with Gasteiger partial charge in [-0.2, -0.15) is 17.6 Å². The second-order valence-corrected chi connectivity index (χ2v) is 2.00. The van der Waals surface area contributed by atoms with E-state index in [2.05, 4.69) is 11.3 Å². The molecule has 0 saturated heterocycles. The second-order valence-electron chi connectivity index (χ2n) is 2.00. The van der Waals surface area contributed by atoms with Crippen LogP contribution in [0.2, 0.25) is 0 Å². The van der Waals surface area contributed by atoms with Crippen LogP contribution in [0.1, 0.15) is 6.42 Å². The number of rotatable bonds is 4. The van der Waals surface area contributed by atoms with Crippen molar-refractivity contribution in [1.29, 1.82) is 0 Å². The number of allylic oxidation sites excluding steroid dienone is 1. The largest absolute Gasteiger partial charge is 0.501 e. The Morgan fingerprint density at radius 3 is 2.23 bits per heavy atom. The molecule has 0 rings (SSSR count). The summed E-state index contributed by atoms with van der Waals surface area (Å²) in [6.45, 7) is 2.70. The normalized spacial score (nSPS) is 13.6. The predicted molar refractivity (Wildman–Crippen MR) is 36.1 cm³/mol. The molecule has 0 fully saturated rings. The smallest absolute Gasteiger partial charge is 0.445 e. The minimum Gasteiger partial charge on any atom is -0.501 e. The predicted octanol–water partition coefficient (Wildman–Crippen LogP) is 3.25. The topological polar surface area (TPSA) is 9.23 Å². The molecule has 76 valence electrons. The molecular weight excluding hydrogens is 195 g/mol. The Balaban J connectivity index is 4.19. The van der Waals surface area contributed by atoms with Gasteiger partial charge in [-0.25, -0.2) is 4.39 Å². The lowest BCUT2D eigenvalue weighted by molar-refractivity contribution is -0.111. The van der Waals surface area contributed by atoms with Gasteiger partial charge in [0, 0.05) is 6.42 Å². The van der Waals surface area contributed by atoms with E-state index in [1.54, 1.807) is 0 Å². The van der Waals surface area contributed by atoms with Crippen molar-refractivity contribution < 1.29 is 26.7 Å². The third-order valence-electron chi connectivity index (χ3n) is 1.04. The zero-order valence-electron chi connectivity index (χ0n) is 6.50. The van der Waals surface area contributed by atoms with Crippen molar-refractivity contribution in [2.24, 2.45) is 0 Å². The molecule has 1 nitrogen and oxygen atoms in total. The van der Waals surface area contributed by atoms with Gasteiger partial charge in [-0.1, -0.05) is 6.58 Å². The summed E-state index contributed by atoms with van der Waals surface area (Å²) in [6.07, 6.45) is -5.10. The molecule has 0 aliphatic rings. The van der Waals surface area contributed by atoms with E-state index in [0.717, 1.165) is 6.26 Å². The van der Waals surface area contributed by atoms with E-state index in [1.165, 1.54) is 0 Å². The molecule has 0 aliphatic heterocycles. The lowest BCUT2D eigenvalue weighted by Gasteiger charge is -2.04. The first-order valence-electron chi connectivity index (χ1n) is 3.23. The van der Waals surface area contributed by atoms with Gasteiger partial charge >= 0.3 is 6.18 Å². The van der Waals surface area contributed by atoms with E-state index in [-0.39, 0.29) is 6.61 Å². The highest BCUT2D eigenvalue weighted by Gasteiger charge is 2.37. The standard InChI is InChI=1S/C7H7F5O/c1-2-13-4-3-5(8)6(9)7(10,11)12/h2H,1,3-4H2. The molecule has 0 heterocycles. The molecule has 0 aromatic rings. The summed E-state index contributed by atoms with van der Waals surface area (Å²) < 4.78 is 63.1. The molecule has 0 unspecified atom stereocenters. The van der Waals surface area contributed by atoms with Crippen molar-refractivity contribution >= 4 is 0 Å². The maximum Gasteiger partial charge on any atom is 0.445 e. The van der Waals surface area contributed by atoms with Gasteiger partial charge in [0.25, 0.3) is 0 Å². The number of halogens is 5. The zero-order valence-corrected chi connectivity index (χ0v) is 6.50. The van der Waals surface area contributed by atoms with Crippen LogP contribution in [0.5, 0.6) is 0 Å². The van der Waals surface area contributed by atoms with Crippen molar-refractivity contribution in [3.8, 4) is 0 Å². The summed E-state index contributed by atoms with van der Waals surface area (Å²) >= 11 is 0. The Kier molecular flexibility index (Phi) is 4.44. The number of hydrogen-bond donors (Lipinski definition) is 0. The second kappa shape index (κ2) is 4.84. The summed E-state index contributed by atoms with van der Waals surface area (Å²) in [7, 11) is 0. The molecule has 0 spiro atoms. The molecular formula is C7H7F5O. The van der Waals surface area contributed by atoms with Gasteiger partial charge in [-0.3, -0.25) is 0 Å². The molecule has 0 aromatic carbocycles. The van der Waals surface area contributed by atoms with E-state index in [0.29, 0.717) is 0 Å². The highest BCUT2D eigenvalue weighted by molar-refractivity contribution is 5.05. The lowest BCUT2D eigenvalue weighted by atomic mass is 10.3. The van der Waals surface area contributed by atoms with Gasteiger partial charge in [-0.05, 0) is 0 Å². The van der Waals surface area contributed by atoms with E-state index in [9.17, 15) is 22.0 Å². The van der Waals surface area contributed by atoms with E-state index in [4.69, 9.17) is 0 Å². The van der Waals surface area contributed by atoms with Crippen molar-refractivity contribution in [2.45, 2.75) is 12.6 Å². The molecule has 0 amide bonds. The van der Waals surface area contributed by atoms with Gasteiger partial charge in [0.1, 0.15) is 5.83 Å². The fraction of sp³-hybridized carbons (Fsp3) is 0.429. The molecule has 13 heavy (non-hydrogen) atoms. The lowest BCUT2D eigenvalue weighted by Crippen LogP contribution is -2.10. The quantitative estimate of drug-likeness (QED) is 0.386. The maximum absolute atomic E-state index is 12.3. The first-order chi connectivity index (χ1) is 5.89. The fourth-order valence-corrected chi connectivity index (χ4v) is 0.495. The minimum absolute atomic E-state index is 0.376. The van der Waals surface area contributed by atoms with Gasteiger partial charge < -0.3 is 4.74 Å². The van der Waals surface area contributed by atoms with Crippen LogP contribution in [0.4, 0.5) is 22.0 Å².